The van der Waals surface area contributed by atoms with Gasteiger partial charge in [-0.2, -0.15) is 0 Å². The topological polar surface area (TPSA) is 87.6 Å². The molecule has 0 spiro atoms. The molecule has 0 saturated heterocycles. The Morgan fingerprint density at radius 2 is 1.94 bits per heavy atom. The largest absolute Gasteiger partial charge is 0.497 e. The highest BCUT2D eigenvalue weighted by Gasteiger charge is 2.15. The lowest BCUT2D eigenvalue weighted by atomic mass is 10.2. The van der Waals surface area contributed by atoms with Gasteiger partial charge in [-0.25, -0.2) is 0 Å². The zero-order valence-electron chi connectivity index (χ0n) is 10.3. The first kappa shape index (κ1) is 14.2. The van der Waals surface area contributed by atoms with Crippen molar-refractivity contribution >= 4 is 23.1 Å². The van der Waals surface area contributed by atoms with Gasteiger partial charge in [-0.1, -0.05) is 19.1 Å². The van der Waals surface area contributed by atoms with Crippen LogP contribution in [0.4, 0.5) is 0 Å². The predicted molar refractivity (Wildman–Crippen MR) is 72.8 cm³/mol. The van der Waals surface area contributed by atoms with Crippen molar-refractivity contribution < 1.29 is 14.3 Å². The summed E-state index contributed by atoms with van der Waals surface area (Å²) in [6.45, 7) is 1.81. The quantitative estimate of drug-likeness (QED) is 0.751. The molecular weight excluding hydrogens is 252 g/mol. The monoisotopic (exact) mass is 268 g/mol. The van der Waals surface area contributed by atoms with E-state index in [1.807, 2.05) is 6.92 Å². The van der Waals surface area contributed by atoms with Crippen LogP contribution in [0.15, 0.2) is 18.2 Å². The van der Waals surface area contributed by atoms with Gasteiger partial charge in [0.25, 0.3) is 5.91 Å². The maximum atomic E-state index is 11.1. The van der Waals surface area contributed by atoms with E-state index in [1.54, 1.807) is 18.2 Å². The molecule has 0 bridgehead atoms. The summed E-state index contributed by atoms with van der Waals surface area (Å²) < 4.78 is 10.6. The molecule has 98 valence electrons. The van der Waals surface area contributed by atoms with Gasteiger partial charge in [-0.3, -0.25) is 4.79 Å². The molecule has 0 heterocycles. The lowest BCUT2D eigenvalue weighted by Gasteiger charge is -2.15. The van der Waals surface area contributed by atoms with Gasteiger partial charge in [0.15, 0.2) is 6.10 Å². The van der Waals surface area contributed by atoms with Crippen molar-refractivity contribution in [3.05, 3.63) is 23.8 Å². The fourth-order valence-electron chi connectivity index (χ4n) is 1.41. The summed E-state index contributed by atoms with van der Waals surface area (Å²) in [5, 5.41) is 0. The minimum absolute atomic E-state index is 0.228. The first-order chi connectivity index (χ1) is 8.47. The second-order valence-electron chi connectivity index (χ2n) is 3.68. The van der Waals surface area contributed by atoms with Crippen LogP contribution in [-0.4, -0.2) is 24.1 Å². The highest BCUT2D eigenvalue weighted by Crippen LogP contribution is 2.24. The Balaban J connectivity index is 3.04. The summed E-state index contributed by atoms with van der Waals surface area (Å²) in [4.78, 5) is 11.4. The fraction of sp³-hybridized carbons (Fsp3) is 0.333. The molecule has 0 aromatic heterocycles. The van der Waals surface area contributed by atoms with Crippen molar-refractivity contribution in [2.75, 3.05) is 7.11 Å². The molecule has 1 atom stereocenters. The molecule has 1 unspecified atom stereocenters. The van der Waals surface area contributed by atoms with E-state index in [9.17, 15) is 4.79 Å². The molecule has 1 aromatic rings. The summed E-state index contributed by atoms with van der Waals surface area (Å²) in [6, 6.07) is 4.99. The lowest BCUT2D eigenvalue weighted by molar-refractivity contribution is -0.124. The van der Waals surface area contributed by atoms with Crippen molar-refractivity contribution in [1.29, 1.82) is 0 Å². The number of methoxy groups -OCH3 is 1. The van der Waals surface area contributed by atoms with E-state index in [2.05, 4.69) is 0 Å². The third-order valence-corrected chi connectivity index (χ3v) is 2.60. The first-order valence-corrected chi connectivity index (χ1v) is 5.83. The van der Waals surface area contributed by atoms with Crippen LogP contribution >= 0.6 is 12.2 Å². The number of primary amides is 1. The highest BCUT2D eigenvalue weighted by molar-refractivity contribution is 7.80. The summed E-state index contributed by atoms with van der Waals surface area (Å²) in [5.41, 5.74) is 11.4. The third-order valence-electron chi connectivity index (χ3n) is 2.37. The molecule has 0 aliphatic carbocycles. The summed E-state index contributed by atoms with van der Waals surface area (Å²) in [7, 11) is 1.52. The van der Waals surface area contributed by atoms with Gasteiger partial charge in [0.2, 0.25) is 0 Å². The average Bonchev–Trinajstić information content (AvgIpc) is 2.34. The number of benzene rings is 1. The van der Waals surface area contributed by atoms with Crippen LogP contribution in [0, 0.1) is 0 Å². The fourth-order valence-corrected chi connectivity index (χ4v) is 1.52. The standard InChI is InChI=1S/C12H16N2O3S/c1-3-10(11(13)15)17-9-5-7(12(14)18)4-8(6-9)16-2/h4-6,10H,3H2,1-2H3,(H2,13,15)(H2,14,18). The molecule has 0 aliphatic heterocycles. The van der Waals surface area contributed by atoms with Crippen molar-refractivity contribution in [3.8, 4) is 11.5 Å². The first-order valence-electron chi connectivity index (χ1n) is 5.42. The van der Waals surface area contributed by atoms with Gasteiger partial charge < -0.3 is 20.9 Å². The molecule has 18 heavy (non-hydrogen) atoms. The van der Waals surface area contributed by atoms with Crippen LogP contribution in [0.2, 0.25) is 0 Å². The van der Waals surface area contributed by atoms with Crippen molar-refractivity contribution in [2.24, 2.45) is 11.5 Å². The molecule has 0 fully saturated rings. The van der Waals surface area contributed by atoms with E-state index in [0.29, 0.717) is 23.5 Å². The van der Waals surface area contributed by atoms with E-state index in [0.717, 1.165) is 0 Å². The van der Waals surface area contributed by atoms with E-state index < -0.39 is 12.0 Å². The van der Waals surface area contributed by atoms with E-state index >= 15 is 0 Å². The number of carbonyl (C=O) groups is 1. The van der Waals surface area contributed by atoms with Gasteiger partial charge in [-0.15, -0.1) is 0 Å². The Kier molecular flexibility index (Phi) is 4.91. The summed E-state index contributed by atoms with van der Waals surface area (Å²) >= 11 is 4.90. The van der Waals surface area contributed by atoms with Gasteiger partial charge in [-0.05, 0) is 18.6 Å². The number of nitrogens with two attached hydrogens (primary N) is 2. The zero-order chi connectivity index (χ0) is 13.7. The Morgan fingerprint density at radius 3 is 2.39 bits per heavy atom. The number of thiocarbonyl (C=S) groups is 1. The molecule has 1 amide bonds. The normalized spacial score (nSPS) is 11.7. The summed E-state index contributed by atoms with van der Waals surface area (Å²) in [5.74, 6) is 0.481. The number of rotatable bonds is 6. The van der Waals surface area contributed by atoms with Gasteiger partial charge in [0.1, 0.15) is 16.5 Å². The molecule has 5 nitrogen and oxygen atoms in total. The number of hydrogen-bond acceptors (Lipinski definition) is 4. The summed E-state index contributed by atoms with van der Waals surface area (Å²) in [6.07, 6.45) is -0.203. The molecule has 4 N–H and O–H groups in total. The van der Waals surface area contributed by atoms with Crippen LogP contribution < -0.4 is 20.9 Å². The maximum absolute atomic E-state index is 11.1. The number of hydrogen-bond donors (Lipinski definition) is 2. The van der Waals surface area contributed by atoms with Crippen molar-refractivity contribution in [2.45, 2.75) is 19.4 Å². The van der Waals surface area contributed by atoms with Crippen LogP contribution in [0.3, 0.4) is 0 Å². The van der Waals surface area contributed by atoms with Gasteiger partial charge >= 0.3 is 0 Å². The molecule has 1 rings (SSSR count). The molecule has 0 saturated carbocycles. The van der Waals surface area contributed by atoms with Crippen LogP contribution in [0.1, 0.15) is 18.9 Å². The van der Waals surface area contributed by atoms with Crippen molar-refractivity contribution in [1.82, 2.24) is 0 Å². The average molecular weight is 268 g/mol. The molecule has 0 aliphatic rings. The second-order valence-corrected chi connectivity index (χ2v) is 4.12. The number of carbonyl (C=O) groups excluding carboxylic acids is 1. The number of ether oxygens (including phenoxy) is 2. The SMILES string of the molecule is CCC(Oc1cc(OC)cc(C(N)=S)c1)C(N)=O. The second kappa shape index (κ2) is 6.20. The Bertz CT molecular complexity index is 463. The molecule has 0 radical (unpaired) electrons. The van der Waals surface area contributed by atoms with E-state index in [-0.39, 0.29) is 4.99 Å². The maximum Gasteiger partial charge on any atom is 0.258 e. The Labute approximate surface area is 111 Å². The van der Waals surface area contributed by atoms with Crippen LogP contribution in [-0.2, 0) is 4.79 Å². The van der Waals surface area contributed by atoms with Crippen molar-refractivity contribution in [3.63, 3.8) is 0 Å². The molecule has 1 aromatic carbocycles. The minimum atomic E-state index is -0.684. The molecule has 6 heteroatoms. The van der Waals surface area contributed by atoms with Gasteiger partial charge in [0, 0.05) is 11.6 Å². The smallest absolute Gasteiger partial charge is 0.258 e. The number of amides is 1. The third kappa shape index (κ3) is 3.59. The Hall–Kier alpha value is -1.82. The van der Waals surface area contributed by atoms with Crippen LogP contribution in [0.5, 0.6) is 11.5 Å². The van der Waals surface area contributed by atoms with Crippen LogP contribution in [0.25, 0.3) is 0 Å². The van der Waals surface area contributed by atoms with E-state index in [4.69, 9.17) is 33.2 Å². The minimum Gasteiger partial charge on any atom is -0.497 e. The van der Waals surface area contributed by atoms with Gasteiger partial charge in [0.05, 0.1) is 7.11 Å². The predicted octanol–water partition coefficient (Wildman–Crippen LogP) is 0.972. The Morgan fingerprint density at radius 1 is 1.33 bits per heavy atom. The highest BCUT2D eigenvalue weighted by atomic mass is 32.1. The lowest BCUT2D eigenvalue weighted by Crippen LogP contribution is -2.33. The zero-order valence-corrected chi connectivity index (χ0v) is 11.1. The molecular formula is C12H16N2O3S. The van der Waals surface area contributed by atoms with E-state index in [1.165, 1.54) is 7.11 Å².